The molecule has 53 heavy (non-hydrogen) atoms. The number of rotatable bonds is 32. The van der Waals surface area contributed by atoms with E-state index in [1.807, 2.05) is 30.3 Å². The van der Waals surface area contributed by atoms with Crippen molar-refractivity contribution in [1.29, 1.82) is 0 Å². The highest BCUT2D eigenvalue weighted by Gasteiger charge is 2.53. The second-order valence-electron chi connectivity index (χ2n) is 14.5. The van der Waals surface area contributed by atoms with Crippen LogP contribution in [0.5, 0.6) is 0 Å². The first kappa shape index (κ1) is 47.1. The number of benzene rings is 1. The Balaban J connectivity index is 2.03. The van der Waals surface area contributed by atoms with Crippen molar-refractivity contribution in [3.8, 4) is 0 Å². The summed E-state index contributed by atoms with van der Waals surface area (Å²) in [4.78, 5) is 26.4. The van der Waals surface area contributed by atoms with Gasteiger partial charge in [0.05, 0.1) is 13.2 Å². The summed E-state index contributed by atoms with van der Waals surface area (Å²) in [6.07, 6.45) is 17.2. The number of ether oxygens (including phenoxy) is 4. The highest BCUT2D eigenvalue weighted by atomic mass is 32.3. The van der Waals surface area contributed by atoms with Crippen LogP contribution < -0.4 is 0 Å². The lowest BCUT2D eigenvalue weighted by Gasteiger charge is -2.43. The maximum atomic E-state index is 13.2. The van der Waals surface area contributed by atoms with Crippen LogP contribution in [-0.4, -0.2) is 67.3 Å². The van der Waals surface area contributed by atoms with E-state index in [1.165, 1.54) is 83.5 Å². The fraction of sp³-hybridized carbons (Fsp3) is 0.805. The molecule has 0 radical (unpaired) electrons. The van der Waals surface area contributed by atoms with E-state index in [2.05, 4.69) is 13.8 Å². The maximum absolute atomic E-state index is 13.2. The predicted molar refractivity (Wildman–Crippen MR) is 205 cm³/mol. The molecule has 1 aromatic carbocycles. The van der Waals surface area contributed by atoms with Gasteiger partial charge in [-0.05, 0) is 18.4 Å². The molecule has 1 saturated heterocycles. The Morgan fingerprint density at radius 1 is 0.623 bits per heavy atom. The van der Waals surface area contributed by atoms with Gasteiger partial charge in [0.25, 0.3) is 0 Å². The number of hydrogen-bond acceptors (Lipinski definition) is 10. The first-order valence-corrected chi connectivity index (χ1v) is 22.0. The zero-order chi connectivity index (χ0) is 38.6. The Hall–Kier alpha value is -2.09. The fourth-order valence-electron chi connectivity index (χ4n) is 6.72. The lowest BCUT2D eigenvalue weighted by Crippen LogP contribution is -2.62. The molecule has 0 unspecified atom stereocenters. The monoisotopic (exact) mass is 770 g/mol. The average molecular weight is 771 g/mol. The second-order valence-corrected chi connectivity index (χ2v) is 15.5. The topological polar surface area (TPSA) is 155 Å². The van der Waals surface area contributed by atoms with Crippen LogP contribution in [0.15, 0.2) is 30.3 Å². The molecule has 306 valence electrons. The van der Waals surface area contributed by atoms with Gasteiger partial charge in [-0.15, -0.1) is 0 Å². The van der Waals surface area contributed by atoms with E-state index in [0.29, 0.717) is 12.8 Å². The van der Waals surface area contributed by atoms with Crippen molar-refractivity contribution < 1.29 is 50.8 Å². The molecule has 1 aromatic rings. The van der Waals surface area contributed by atoms with Crippen molar-refractivity contribution in [3.05, 3.63) is 35.9 Å². The van der Waals surface area contributed by atoms with Crippen molar-refractivity contribution in [2.24, 2.45) is 0 Å². The molecule has 2 rings (SSSR count). The van der Waals surface area contributed by atoms with Gasteiger partial charge in [0.2, 0.25) is 0 Å². The Labute approximate surface area is 320 Å². The molecular formula is C41H70O11S. The van der Waals surface area contributed by atoms with Gasteiger partial charge in [0.1, 0.15) is 12.2 Å². The number of esters is 2. The highest BCUT2D eigenvalue weighted by Crippen LogP contribution is 2.31. The van der Waals surface area contributed by atoms with Crippen LogP contribution in [0.1, 0.15) is 174 Å². The SMILES string of the molecule is CCCCCCCCCCCCCC(=O)O[C@@H]1[C@@H](OC(=O)CCCCCCCCCCCCC)[C@H](OCc2ccccc2)O[C@H](CO)[C@H]1OS(=O)(=O)O. The van der Waals surface area contributed by atoms with Crippen LogP contribution in [0.3, 0.4) is 0 Å². The summed E-state index contributed by atoms with van der Waals surface area (Å²) in [6, 6.07) is 9.17. The molecule has 1 aliphatic rings. The summed E-state index contributed by atoms with van der Waals surface area (Å²) < 4.78 is 62.0. The van der Waals surface area contributed by atoms with E-state index in [1.54, 1.807) is 0 Å². The molecule has 12 heteroatoms. The van der Waals surface area contributed by atoms with Gasteiger partial charge in [-0.25, -0.2) is 4.18 Å². The van der Waals surface area contributed by atoms with Crippen molar-refractivity contribution in [1.82, 2.24) is 0 Å². The summed E-state index contributed by atoms with van der Waals surface area (Å²) in [5, 5.41) is 10.2. The zero-order valence-corrected chi connectivity index (χ0v) is 33.5. The van der Waals surface area contributed by atoms with Gasteiger partial charge in [0, 0.05) is 12.8 Å². The Kier molecular flexibility index (Phi) is 26.0. The zero-order valence-electron chi connectivity index (χ0n) is 32.6. The van der Waals surface area contributed by atoms with Crippen LogP contribution >= 0.6 is 0 Å². The summed E-state index contributed by atoms with van der Waals surface area (Å²) in [5.41, 5.74) is 0.782. The van der Waals surface area contributed by atoms with Crippen molar-refractivity contribution in [2.75, 3.05) is 6.61 Å². The number of carbonyl (C=O) groups excluding carboxylic acids is 2. The quantitative estimate of drug-likeness (QED) is 0.0409. The standard InChI is InChI=1S/C41H70O11S/c1-3-5-7-9-11-13-15-17-19-21-26-30-36(43)50-39-38(52-53(45,46)47)35(32-42)49-41(48-33-34-28-24-23-25-29-34)40(39)51-37(44)31-27-22-20-18-16-14-12-10-8-6-4-2/h23-25,28-29,35,38-42H,3-22,26-27,30-33H2,1-2H3,(H,45,46,47)/t35-,38-,39+,40-,41-/m1/s1. The normalized spacial score (nSPS) is 20.3. The van der Waals surface area contributed by atoms with E-state index in [0.717, 1.165) is 50.5 Å². The van der Waals surface area contributed by atoms with Crippen LogP contribution in [0.25, 0.3) is 0 Å². The lowest BCUT2D eigenvalue weighted by atomic mass is 9.98. The molecular weight excluding hydrogens is 701 g/mol. The largest absolute Gasteiger partial charge is 0.455 e. The Bertz CT molecular complexity index is 1180. The van der Waals surface area contributed by atoms with Gasteiger partial charge in [-0.2, -0.15) is 8.42 Å². The van der Waals surface area contributed by atoms with Crippen molar-refractivity contribution >= 4 is 22.3 Å². The summed E-state index contributed by atoms with van der Waals surface area (Å²) in [7, 11) is -5.10. The third-order valence-electron chi connectivity index (χ3n) is 9.76. The predicted octanol–water partition coefficient (Wildman–Crippen LogP) is 9.33. The number of aliphatic hydroxyl groups is 1. The summed E-state index contributed by atoms with van der Waals surface area (Å²) in [6.45, 7) is 3.70. The number of aliphatic hydroxyl groups excluding tert-OH is 1. The van der Waals surface area contributed by atoms with Crippen molar-refractivity contribution in [2.45, 2.75) is 205 Å². The number of carbonyl (C=O) groups is 2. The van der Waals surface area contributed by atoms with Crippen LogP contribution in [0, 0.1) is 0 Å². The van der Waals surface area contributed by atoms with Gasteiger partial charge >= 0.3 is 22.3 Å². The molecule has 0 aromatic heterocycles. The minimum atomic E-state index is -5.10. The molecule has 2 N–H and O–H groups in total. The third kappa shape index (κ3) is 22.2. The first-order chi connectivity index (χ1) is 25.7. The molecule has 0 bridgehead atoms. The molecule has 0 amide bonds. The van der Waals surface area contributed by atoms with Gasteiger partial charge < -0.3 is 24.1 Å². The molecule has 1 heterocycles. The van der Waals surface area contributed by atoms with E-state index in [4.69, 9.17) is 23.1 Å². The van der Waals surface area contributed by atoms with Crippen molar-refractivity contribution in [3.63, 3.8) is 0 Å². The minimum Gasteiger partial charge on any atom is -0.455 e. The van der Waals surface area contributed by atoms with E-state index in [-0.39, 0.29) is 19.4 Å². The van der Waals surface area contributed by atoms with E-state index >= 15 is 0 Å². The summed E-state index contributed by atoms with van der Waals surface area (Å²) in [5.74, 6) is -1.25. The highest BCUT2D eigenvalue weighted by molar-refractivity contribution is 7.80. The van der Waals surface area contributed by atoms with E-state index in [9.17, 15) is 27.7 Å². The smallest absolute Gasteiger partial charge is 0.397 e. The number of hydrogen-bond donors (Lipinski definition) is 2. The fourth-order valence-corrected chi connectivity index (χ4v) is 7.23. The molecule has 1 aliphatic heterocycles. The first-order valence-electron chi connectivity index (χ1n) is 20.6. The van der Waals surface area contributed by atoms with Crippen LogP contribution in [0.2, 0.25) is 0 Å². The number of unbranched alkanes of at least 4 members (excludes halogenated alkanes) is 20. The lowest BCUT2D eigenvalue weighted by molar-refractivity contribution is -0.305. The van der Waals surface area contributed by atoms with E-state index < -0.39 is 59.7 Å². The Morgan fingerprint density at radius 3 is 1.45 bits per heavy atom. The van der Waals surface area contributed by atoms with Crippen LogP contribution in [-0.2, 0) is 49.7 Å². The maximum Gasteiger partial charge on any atom is 0.397 e. The summed E-state index contributed by atoms with van der Waals surface area (Å²) >= 11 is 0. The average Bonchev–Trinajstić information content (AvgIpc) is 3.13. The molecule has 1 fully saturated rings. The van der Waals surface area contributed by atoms with Crippen LogP contribution in [0.4, 0.5) is 0 Å². The minimum absolute atomic E-state index is 0.0273. The van der Waals surface area contributed by atoms with Gasteiger partial charge in [0.15, 0.2) is 18.5 Å². The Morgan fingerprint density at radius 2 is 1.04 bits per heavy atom. The molecule has 0 aliphatic carbocycles. The van der Waals surface area contributed by atoms with Gasteiger partial charge in [-0.1, -0.05) is 173 Å². The molecule has 11 nitrogen and oxygen atoms in total. The molecule has 5 atom stereocenters. The second kappa shape index (κ2) is 29.2. The molecule has 0 saturated carbocycles. The third-order valence-corrected chi connectivity index (χ3v) is 10.2. The molecule has 0 spiro atoms. The van der Waals surface area contributed by atoms with Gasteiger partial charge in [-0.3, -0.25) is 14.1 Å².